The fourth-order valence-corrected chi connectivity index (χ4v) is 4.66. The van der Waals surface area contributed by atoms with Crippen LogP contribution in [0.1, 0.15) is 34.0 Å². The Kier molecular flexibility index (Phi) is 4.01. The van der Waals surface area contributed by atoms with Gasteiger partial charge in [-0.3, -0.25) is 9.59 Å². The Labute approximate surface area is 152 Å². The molecule has 0 fully saturated rings. The first-order valence-corrected chi connectivity index (χ1v) is 9.09. The minimum absolute atomic E-state index is 0.00260. The van der Waals surface area contributed by atoms with Crippen molar-refractivity contribution < 1.29 is 14.7 Å². The van der Waals surface area contributed by atoms with Crippen molar-refractivity contribution in [3.8, 4) is 0 Å². The summed E-state index contributed by atoms with van der Waals surface area (Å²) in [6.07, 6.45) is 0.637. The van der Waals surface area contributed by atoms with E-state index < -0.39 is 5.97 Å². The monoisotopic (exact) mass is 374 g/mol. The largest absolute Gasteiger partial charge is 0.481 e. The number of fused-ring (bicyclic) bond motifs is 2. The molecule has 2 aromatic heterocycles. The molecule has 4 rings (SSSR count). The number of carbonyl (C=O) groups is 2. The maximum Gasteiger partial charge on any atom is 0.304 e. The molecule has 0 saturated carbocycles. The standard InChI is InChI=1S/C18H15ClN2O3S/c19-15-7-10-6-14(21-18(10)25-15)17(24)20-13-5-9-3-1-2-4-11(9)12(13)8-16(22)23/h1-4,6-7,12-13,21H,5,8H2,(H,20,24)(H,22,23). The van der Waals surface area contributed by atoms with E-state index in [2.05, 4.69) is 10.3 Å². The zero-order valence-corrected chi connectivity index (χ0v) is 14.7. The van der Waals surface area contributed by atoms with Crippen LogP contribution in [0.5, 0.6) is 0 Å². The minimum Gasteiger partial charge on any atom is -0.481 e. The molecule has 2 atom stereocenters. The van der Waals surface area contributed by atoms with Crippen LogP contribution in [-0.4, -0.2) is 28.0 Å². The number of aromatic nitrogens is 1. The van der Waals surface area contributed by atoms with Gasteiger partial charge in [0.25, 0.3) is 5.91 Å². The topological polar surface area (TPSA) is 82.2 Å². The van der Waals surface area contributed by atoms with Gasteiger partial charge < -0.3 is 15.4 Å². The number of amides is 1. The number of carboxylic acid groups (broad SMARTS) is 1. The lowest BCUT2D eigenvalue weighted by atomic mass is 9.94. The first kappa shape index (κ1) is 16.2. The molecule has 1 aliphatic carbocycles. The van der Waals surface area contributed by atoms with Crippen LogP contribution in [0.25, 0.3) is 10.2 Å². The number of carbonyl (C=O) groups excluding carboxylic acids is 1. The first-order valence-electron chi connectivity index (χ1n) is 7.90. The number of aromatic amines is 1. The molecule has 0 aliphatic heterocycles. The molecule has 7 heteroatoms. The highest BCUT2D eigenvalue weighted by Gasteiger charge is 2.35. The number of hydrogen-bond acceptors (Lipinski definition) is 3. The van der Waals surface area contributed by atoms with Gasteiger partial charge in [-0.2, -0.15) is 0 Å². The molecular formula is C18H15ClN2O3S. The molecule has 128 valence electrons. The number of thiophene rings is 1. The van der Waals surface area contributed by atoms with Crippen LogP contribution in [0.3, 0.4) is 0 Å². The van der Waals surface area contributed by atoms with E-state index >= 15 is 0 Å². The Morgan fingerprint density at radius 1 is 1.32 bits per heavy atom. The fourth-order valence-electron chi connectivity index (χ4n) is 3.53. The van der Waals surface area contributed by atoms with Gasteiger partial charge in [0.15, 0.2) is 0 Å². The van der Waals surface area contributed by atoms with Crippen molar-refractivity contribution in [2.45, 2.75) is 24.8 Å². The van der Waals surface area contributed by atoms with E-state index in [1.165, 1.54) is 11.3 Å². The molecular weight excluding hydrogens is 360 g/mol. The maximum absolute atomic E-state index is 12.6. The van der Waals surface area contributed by atoms with E-state index in [4.69, 9.17) is 11.6 Å². The summed E-state index contributed by atoms with van der Waals surface area (Å²) < 4.78 is 0.668. The maximum atomic E-state index is 12.6. The van der Waals surface area contributed by atoms with Gasteiger partial charge in [0.2, 0.25) is 0 Å². The molecule has 2 heterocycles. The zero-order chi connectivity index (χ0) is 17.6. The minimum atomic E-state index is -0.865. The molecule has 3 aromatic rings. The van der Waals surface area contributed by atoms with Crippen molar-refractivity contribution in [2.75, 3.05) is 0 Å². The predicted molar refractivity (Wildman–Crippen MR) is 97.6 cm³/mol. The second-order valence-electron chi connectivity index (χ2n) is 6.21. The van der Waals surface area contributed by atoms with Crippen molar-refractivity contribution in [1.82, 2.24) is 10.3 Å². The van der Waals surface area contributed by atoms with E-state index in [1.807, 2.05) is 30.3 Å². The smallest absolute Gasteiger partial charge is 0.304 e. The zero-order valence-electron chi connectivity index (χ0n) is 13.1. The van der Waals surface area contributed by atoms with Crippen LogP contribution in [0.15, 0.2) is 36.4 Å². The lowest BCUT2D eigenvalue weighted by Crippen LogP contribution is -2.38. The molecule has 1 amide bonds. The second kappa shape index (κ2) is 6.20. The van der Waals surface area contributed by atoms with Gasteiger partial charge in [0, 0.05) is 17.3 Å². The lowest BCUT2D eigenvalue weighted by Gasteiger charge is -2.20. The summed E-state index contributed by atoms with van der Waals surface area (Å²) in [7, 11) is 0. The summed E-state index contributed by atoms with van der Waals surface area (Å²) in [5.74, 6) is -1.31. The van der Waals surface area contributed by atoms with Crippen molar-refractivity contribution in [3.63, 3.8) is 0 Å². The SMILES string of the molecule is O=C(O)CC1c2ccccc2CC1NC(=O)c1cc2cc(Cl)sc2[nH]1. The molecule has 1 aliphatic rings. The van der Waals surface area contributed by atoms with Gasteiger partial charge >= 0.3 is 5.97 Å². The van der Waals surface area contributed by atoms with Gasteiger partial charge in [-0.05, 0) is 29.7 Å². The van der Waals surface area contributed by atoms with Crippen LogP contribution >= 0.6 is 22.9 Å². The molecule has 1 aromatic carbocycles. The van der Waals surface area contributed by atoms with Crippen LogP contribution < -0.4 is 5.32 Å². The van der Waals surface area contributed by atoms with Gasteiger partial charge in [0.05, 0.1) is 10.8 Å². The van der Waals surface area contributed by atoms with E-state index in [1.54, 1.807) is 6.07 Å². The highest BCUT2D eigenvalue weighted by atomic mass is 35.5. The Bertz CT molecular complexity index is 946. The van der Waals surface area contributed by atoms with Gasteiger partial charge in [-0.25, -0.2) is 0 Å². The molecule has 3 N–H and O–H groups in total. The summed E-state index contributed by atoms with van der Waals surface area (Å²) in [6.45, 7) is 0. The number of rotatable bonds is 4. The number of aliphatic carboxylic acids is 1. The summed E-state index contributed by atoms with van der Waals surface area (Å²) in [5, 5.41) is 13.1. The van der Waals surface area contributed by atoms with Crippen LogP contribution in [-0.2, 0) is 11.2 Å². The van der Waals surface area contributed by atoms with Crippen molar-refractivity contribution in [2.24, 2.45) is 0 Å². The van der Waals surface area contributed by atoms with Crippen molar-refractivity contribution in [1.29, 1.82) is 0 Å². The summed E-state index contributed by atoms with van der Waals surface area (Å²) in [5.41, 5.74) is 2.57. The number of hydrogen-bond donors (Lipinski definition) is 3. The molecule has 0 saturated heterocycles. The fraction of sp³-hybridized carbons (Fsp3) is 0.222. The highest BCUT2D eigenvalue weighted by Crippen LogP contribution is 2.36. The van der Waals surface area contributed by atoms with Crippen LogP contribution in [0.2, 0.25) is 4.34 Å². The third kappa shape index (κ3) is 3.03. The molecule has 0 spiro atoms. The van der Waals surface area contributed by atoms with E-state index in [9.17, 15) is 14.7 Å². The summed E-state index contributed by atoms with van der Waals surface area (Å²) in [4.78, 5) is 27.8. The summed E-state index contributed by atoms with van der Waals surface area (Å²) >= 11 is 7.34. The lowest BCUT2D eigenvalue weighted by molar-refractivity contribution is -0.137. The Hall–Kier alpha value is -2.31. The third-order valence-corrected chi connectivity index (χ3v) is 5.81. The number of halogens is 1. The van der Waals surface area contributed by atoms with Gasteiger partial charge in [0.1, 0.15) is 10.5 Å². The first-order chi connectivity index (χ1) is 12.0. The third-order valence-electron chi connectivity index (χ3n) is 4.61. The van der Waals surface area contributed by atoms with E-state index in [0.717, 1.165) is 21.3 Å². The number of benzene rings is 1. The van der Waals surface area contributed by atoms with Crippen molar-refractivity contribution >= 4 is 45.0 Å². The van der Waals surface area contributed by atoms with Gasteiger partial charge in [-0.15, -0.1) is 11.3 Å². The quantitative estimate of drug-likeness (QED) is 0.649. The number of H-pyrrole nitrogens is 1. The normalized spacial score (nSPS) is 19.1. The van der Waals surface area contributed by atoms with Crippen LogP contribution in [0, 0.1) is 0 Å². The Morgan fingerprint density at radius 3 is 2.88 bits per heavy atom. The second-order valence-corrected chi connectivity index (χ2v) is 7.89. The molecule has 5 nitrogen and oxygen atoms in total. The molecule has 2 unspecified atom stereocenters. The molecule has 0 bridgehead atoms. The van der Waals surface area contributed by atoms with E-state index in [0.29, 0.717) is 16.5 Å². The van der Waals surface area contributed by atoms with Gasteiger partial charge in [-0.1, -0.05) is 35.9 Å². The number of carboxylic acids is 1. The average Bonchev–Trinajstić information content (AvgIpc) is 3.19. The Morgan fingerprint density at radius 2 is 2.12 bits per heavy atom. The van der Waals surface area contributed by atoms with E-state index in [-0.39, 0.29) is 24.3 Å². The average molecular weight is 375 g/mol. The predicted octanol–water partition coefficient (Wildman–Crippen LogP) is 3.80. The van der Waals surface area contributed by atoms with Crippen molar-refractivity contribution in [3.05, 3.63) is 57.6 Å². The molecule has 0 radical (unpaired) electrons. The summed E-state index contributed by atoms with van der Waals surface area (Å²) in [6, 6.07) is 11.1. The molecule has 25 heavy (non-hydrogen) atoms. The number of nitrogens with one attached hydrogen (secondary N) is 2. The highest BCUT2D eigenvalue weighted by molar-refractivity contribution is 7.22. The Balaban J connectivity index is 1.57. The van der Waals surface area contributed by atoms with Crippen LogP contribution in [0.4, 0.5) is 0 Å².